The number of hydrogen-bond donors (Lipinski definition) is 1. The molecule has 0 bridgehead atoms. The van der Waals surface area contributed by atoms with E-state index >= 15 is 0 Å². The van der Waals surface area contributed by atoms with Crippen molar-refractivity contribution >= 4 is 62.1 Å². The van der Waals surface area contributed by atoms with E-state index in [1.165, 1.54) is 10.6 Å². The maximum absolute atomic E-state index is 12.7. The second kappa shape index (κ2) is 9.76. The molecule has 182 valence electrons. The fourth-order valence-corrected chi connectivity index (χ4v) is 6.45. The third kappa shape index (κ3) is 4.48. The molecular weight excluding hydrogens is 500 g/mol. The van der Waals surface area contributed by atoms with Gasteiger partial charge in [0.05, 0.1) is 26.3 Å². The molecule has 3 aromatic carbocycles. The molecule has 5 nitrogen and oxygen atoms in total. The van der Waals surface area contributed by atoms with Gasteiger partial charge in [-0.1, -0.05) is 54.2 Å². The molecule has 0 fully saturated rings. The van der Waals surface area contributed by atoms with Crippen LogP contribution in [0.3, 0.4) is 0 Å². The number of hydrogen-bond acceptors (Lipinski definition) is 7. The molecule has 3 heterocycles. The van der Waals surface area contributed by atoms with E-state index in [0.717, 1.165) is 32.4 Å². The molecule has 7 heteroatoms. The predicted molar refractivity (Wildman–Crippen MR) is 154 cm³/mol. The molecule has 0 saturated carbocycles. The first kappa shape index (κ1) is 23.3. The first-order valence-corrected chi connectivity index (χ1v) is 13.5. The van der Waals surface area contributed by atoms with E-state index in [1.807, 2.05) is 42.5 Å². The Kier molecular flexibility index (Phi) is 6.16. The van der Waals surface area contributed by atoms with E-state index in [0.29, 0.717) is 11.0 Å². The molecule has 0 amide bonds. The van der Waals surface area contributed by atoms with Crippen molar-refractivity contribution in [3.8, 4) is 5.75 Å². The maximum Gasteiger partial charge on any atom is 0.347 e. The number of fused-ring (bicyclic) bond motifs is 3. The summed E-state index contributed by atoms with van der Waals surface area (Å²) in [7, 11) is 0. The number of aromatic nitrogens is 1. The van der Waals surface area contributed by atoms with E-state index in [2.05, 4.69) is 36.1 Å². The van der Waals surface area contributed by atoms with E-state index in [9.17, 15) is 9.90 Å². The molecule has 6 rings (SSSR count). The third-order valence-corrected chi connectivity index (χ3v) is 8.20. The summed E-state index contributed by atoms with van der Waals surface area (Å²) in [4.78, 5) is 20.9. The molecule has 5 aromatic rings. The van der Waals surface area contributed by atoms with Crippen LogP contribution in [0.2, 0.25) is 0 Å². The van der Waals surface area contributed by atoms with Gasteiger partial charge in [-0.15, -0.1) is 11.3 Å². The number of allylic oxidation sites excluding steroid dienone is 3. The fourth-order valence-electron chi connectivity index (χ4n) is 4.34. The highest BCUT2D eigenvalue weighted by atomic mass is 32.2. The summed E-state index contributed by atoms with van der Waals surface area (Å²) < 4.78 is 6.56. The molecule has 1 N–H and O–H groups in total. The summed E-state index contributed by atoms with van der Waals surface area (Å²) in [6.45, 7) is 2.95. The van der Waals surface area contributed by atoms with Crippen LogP contribution in [-0.2, 0) is 0 Å². The largest absolute Gasteiger partial charge is 0.506 e. The number of thioether (sulfide) groups is 1. The second-order valence-corrected chi connectivity index (χ2v) is 10.6. The zero-order valence-corrected chi connectivity index (χ0v) is 21.6. The van der Waals surface area contributed by atoms with Crippen LogP contribution >= 0.6 is 23.1 Å². The van der Waals surface area contributed by atoms with E-state index in [1.54, 1.807) is 53.4 Å². The van der Waals surface area contributed by atoms with Crippen LogP contribution in [0, 0.1) is 0 Å². The van der Waals surface area contributed by atoms with Gasteiger partial charge in [0.1, 0.15) is 21.9 Å². The lowest BCUT2D eigenvalue weighted by Gasteiger charge is -2.18. The quantitative estimate of drug-likeness (QED) is 0.189. The van der Waals surface area contributed by atoms with Crippen molar-refractivity contribution in [3.63, 3.8) is 0 Å². The Morgan fingerprint density at radius 1 is 1.05 bits per heavy atom. The van der Waals surface area contributed by atoms with Crippen LogP contribution < -0.4 is 10.5 Å². The van der Waals surface area contributed by atoms with Gasteiger partial charge in [0.15, 0.2) is 0 Å². The van der Waals surface area contributed by atoms with Gasteiger partial charge in [0.25, 0.3) is 0 Å². The van der Waals surface area contributed by atoms with Crippen LogP contribution in [0.15, 0.2) is 110 Å². The van der Waals surface area contributed by atoms with Crippen molar-refractivity contribution in [2.75, 3.05) is 11.4 Å². The Hall–Kier alpha value is -4.07. The lowest BCUT2D eigenvalue weighted by molar-refractivity contribution is 0.466. The average molecular weight is 523 g/mol. The second-order valence-electron chi connectivity index (χ2n) is 8.44. The third-order valence-electron chi connectivity index (χ3n) is 6.11. The number of para-hydroxylation sites is 3. The molecule has 0 atom stereocenters. The zero-order valence-electron chi connectivity index (χ0n) is 19.9. The molecule has 0 radical (unpaired) electrons. The minimum atomic E-state index is -0.586. The molecule has 37 heavy (non-hydrogen) atoms. The van der Waals surface area contributed by atoms with E-state index in [-0.39, 0.29) is 11.3 Å². The Labute approximate surface area is 221 Å². The van der Waals surface area contributed by atoms with Crippen molar-refractivity contribution in [1.82, 2.24) is 4.98 Å². The van der Waals surface area contributed by atoms with Gasteiger partial charge < -0.3 is 14.4 Å². The minimum Gasteiger partial charge on any atom is -0.506 e. The lowest BCUT2D eigenvalue weighted by Crippen LogP contribution is -2.16. The van der Waals surface area contributed by atoms with E-state index < -0.39 is 5.63 Å². The van der Waals surface area contributed by atoms with Crippen LogP contribution in [-0.4, -0.2) is 16.6 Å². The molecule has 0 spiro atoms. The van der Waals surface area contributed by atoms with Crippen molar-refractivity contribution in [1.29, 1.82) is 0 Å². The SMILES string of the molecule is CCN1C(=C/C(C=Cc2c(O)c3ccccc3oc2=O)=C/c2nc3ccccc3s2)Sc2ccccc21. The van der Waals surface area contributed by atoms with Gasteiger partial charge >= 0.3 is 5.63 Å². The topological polar surface area (TPSA) is 66.6 Å². The maximum atomic E-state index is 12.7. The van der Waals surface area contributed by atoms with Gasteiger partial charge in [-0.25, -0.2) is 9.78 Å². The standard InChI is InChI=1S/C30H22N2O3S2/c1-2-32-23-11-5-8-14-26(23)37-28(32)18-19(17-27-31-22-10-4-7-13-25(22)36-27)15-16-21-29(33)20-9-3-6-12-24(20)35-30(21)34/h3-18,33H,2H2,1H3/b16-15?,19-17+,28-18?. The summed E-state index contributed by atoms with van der Waals surface area (Å²) in [6, 6.07) is 23.3. The highest BCUT2D eigenvalue weighted by Gasteiger charge is 2.23. The zero-order chi connectivity index (χ0) is 25.4. The Morgan fingerprint density at radius 2 is 1.84 bits per heavy atom. The van der Waals surface area contributed by atoms with E-state index in [4.69, 9.17) is 9.40 Å². The normalized spacial score (nSPS) is 14.9. The van der Waals surface area contributed by atoms with Crippen LogP contribution in [0.5, 0.6) is 5.75 Å². The number of anilines is 1. The molecule has 1 aliphatic heterocycles. The minimum absolute atomic E-state index is 0.0899. The molecule has 2 aromatic heterocycles. The van der Waals surface area contributed by atoms with Gasteiger partial charge in [0, 0.05) is 11.4 Å². The number of aromatic hydroxyl groups is 1. The van der Waals surface area contributed by atoms with Gasteiger partial charge in [-0.3, -0.25) is 0 Å². The van der Waals surface area contributed by atoms with Gasteiger partial charge in [-0.05, 0) is 67.1 Å². The fraction of sp³-hybridized carbons (Fsp3) is 0.0667. The number of benzene rings is 3. The van der Waals surface area contributed by atoms with Crippen LogP contribution in [0.25, 0.3) is 33.3 Å². The first-order valence-electron chi connectivity index (χ1n) is 11.9. The summed E-state index contributed by atoms with van der Waals surface area (Å²) >= 11 is 3.31. The number of thiazole rings is 1. The Balaban J connectivity index is 1.46. The van der Waals surface area contributed by atoms with Crippen molar-refractivity contribution < 1.29 is 9.52 Å². The highest BCUT2D eigenvalue weighted by molar-refractivity contribution is 8.03. The average Bonchev–Trinajstić information content (AvgIpc) is 3.48. The molecule has 0 saturated heterocycles. The molecule has 0 aliphatic carbocycles. The summed E-state index contributed by atoms with van der Waals surface area (Å²) in [5, 5.41) is 13.3. The highest BCUT2D eigenvalue weighted by Crippen LogP contribution is 2.46. The molecule has 0 unspecified atom stereocenters. The smallest absolute Gasteiger partial charge is 0.347 e. The Morgan fingerprint density at radius 3 is 2.70 bits per heavy atom. The summed E-state index contributed by atoms with van der Waals surface area (Å²) in [6.07, 6.45) is 7.55. The molecule has 1 aliphatic rings. The number of rotatable bonds is 5. The van der Waals surface area contributed by atoms with Crippen molar-refractivity contribution in [2.45, 2.75) is 11.8 Å². The number of nitrogens with zero attached hydrogens (tertiary/aromatic N) is 2. The summed E-state index contributed by atoms with van der Waals surface area (Å²) in [5.41, 5.74) is 2.85. The van der Waals surface area contributed by atoms with Crippen molar-refractivity contribution in [2.24, 2.45) is 0 Å². The summed E-state index contributed by atoms with van der Waals surface area (Å²) in [5.74, 6) is -0.0899. The Bertz CT molecular complexity index is 1760. The predicted octanol–water partition coefficient (Wildman–Crippen LogP) is 7.68. The first-order chi connectivity index (χ1) is 18.1. The monoisotopic (exact) mass is 522 g/mol. The lowest BCUT2D eigenvalue weighted by atomic mass is 10.1. The van der Waals surface area contributed by atoms with Crippen molar-refractivity contribution in [3.05, 3.63) is 117 Å². The van der Waals surface area contributed by atoms with Crippen LogP contribution in [0.1, 0.15) is 17.5 Å². The van der Waals surface area contributed by atoms with Gasteiger partial charge in [0.2, 0.25) is 0 Å². The van der Waals surface area contributed by atoms with Crippen LogP contribution in [0.4, 0.5) is 5.69 Å². The van der Waals surface area contributed by atoms with Gasteiger partial charge in [-0.2, -0.15) is 0 Å². The molecular formula is C30H22N2O3S2.